The molecule has 65 heavy (non-hydrogen) atoms. The molecule has 2 amide bonds. The van der Waals surface area contributed by atoms with Crippen molar-refractivity contribution in [2.45, 2.75) is 50.0 Å². The molecule has 4 atom stereocenters. The van der Waals surface area contributed by atoms with Gasteiger partial charge in [-0.1, -0.05) is 0 Å². The van der Waals surface area contributed by atoms with E-state index in [2.05, 4.69) is 51.2 Å². The van der Waals surface area contributed by atoms with E-state index in [1.165, 1.54) is 54.7 Å². The Balaban J connectivity index is 1.16. The fourth-order valence-corrected chi connectivity index (χ4v) is 6.94. The molecule has 6 rings (SSSR count). The number of H-pyrrole nitrogens is 2. The second-order valence-corrected chi connectivity index (χ2v) is 14.6. The number of carbonyl (C=O) groups excluding carboxylic acids is 2. The maximum atomic E-state index is 14.2. The number of nitrogens with zero attached hydrogens (tertiary/aromatic N) is 6. The third kappa shape index (κ3) is 10.8. The monoisotopic (exact) mass is 898 g/mol. The van der Waals surface area contributed by atoms with Gasteiger partial charge in [0.1, 0.15) is 23.8 Å². The van der Waals surface area contributed by atoms with Gasteiger partial charge in [-0.2, -0.15) is 9.97 Å². The second kappa shape index (κ2) is 19.5. The van der Waals surface area contributed by atoms with Crippen molar-refractivity contribution in [2.24, 2.45) is 0 Å². The smallest absolute Gasteiger partial charge is 0.326 e. The quantitative estimate of drug-likeness (QED) is 0.0492. The summed E-state index contributed by atoms with van der Waals surface area (Å²) in [5.74, 6) is -8.76. The van der Waals surface area contributed by atoms with Gasteiger partial charge in [0.15, 0.2) is 17.0 Å². The van der Waals surface area contributed by atoms with Crippen molar-refractivity contribution in [3.8, 4) is 0 Å². The van der Waals surface area contributed by atoms with Crippen LogP contribution < -0.4 is 48.8 Å². The van der Waals surface area contributed by atoms with Crippen LogP contribution in [0.4, 0.5) is 34.8 Å². The molecule has 26 nitrogen and oxygen atoms in total. The number of fused-ring (bicyclic) bond motifs is 2. The Morgan fingerprint density at radius 3 is 2.06 bits per heavy atom. The first-order valence-corrected chi connectivity index (χ1v) is 19.5. The molecule has 1 aliphatic rings. The summed E-state index contributed by atoms with van der Waals surface area (Å²) in [5.41, 5.74) is 11.4. The number of nitrogens with one attached hydrogen (secondary N) is 6. The van der Waals surface area contributed by atoms with Crippen LogP contribution in [0.3, 0.4) is 0 Å². The van der Waals surface area contributed by atoms with Crippen LogP contribution in [0.2, 0.25) is 0 Å². The first kappa shape index (κ1) is 45.7. The van der Waals surface area contributed by atoms with E-state index in [1.807, 2.05) is 0 Å². The highest BCUT2D eigenvalue weighted by Crippen LogP contribution is 2.26. The Hall–Kier alpha value is -8.84. The number of hydrogen-bond acceptors (Lipinski definition) is 18. The van der Waals surface area contributed by atoms with Crippen molar-refractivity contribution in [3.63, 3.8) is 0 Å². The number of nitrogen functional groups attached to an aromatic ring is 2. The number of amides is 2. The highest BCUT2D eigenvalue weighted by Gasteiger charge is 2.42. The molecule has 0 bridgehead atoms. The largest absolute Gasteiger partial charge is 0.481 e. The minimum absolute atomic E-state index is 0.0339. The lowest BCUT2D eigenvalue weighted by molar-refractivity contribution is -0.150. The molecule has 14 N–H and O–H groups in total. The number of carbonyl (C=O) groups is 6. The van der Waals surface area contributed by atoms with Crippen LogP contribution >= 0.6 is 0 Å². The predicted octanol–water partition coefficient (Wildman–Crippen LogP) is -0.598. The molecule has 0 fully saturated rings. The molecular weight excluding hydrogens is 857 g/mol. The number of anilines is 6. The maximum absolute atomic E-state index is 14.2. The number of aromatic nitrogens is 6. The van der Waals surface area contributed by atoms with Gasteiger partial charge in [-0.25, -0.2) is 24.4 Å². The molecule has 0 saturated carbocycles. The SMILES string of the molecule is CN1c2c(nc(N)[nH]c2=O)NCC1CNc1ccc(C(=O)N(C(CCC(=O)O)C(=O)O)C(CC(NC(=O)c2ccc(NCc3cnc4nc(N)[nH]c(=O)c4n3)cc2)C(=O)O)C(=O)O)cc1. The summed E-state index contributed by atoms with van der Waals surface area (Å²) < 4.78 is 0. The molecule has 1 aliphatic heterocycles. The zero-order valence-corrected chi connectivity index (χ0v) is 34.1. The average Bonchev–Trinajstić information content (AvgIpc) is 3.25. The molecule has 4 unspecified atom stereocenters. The fourth-order valence-electron chi connectivity index (χ4n) is 6.94. The molecule has 0 saturated heterocycles. The third-order valence-electron chi connectivity index (χ3n) is 10.3. The van der Waals surface area contributed by atoms with E-state index >= 15 is 0 Å². The van der Waals surface area contributed by atoms with Gasteiger partial charge in [0.25, 0.3) is 22.9 Å². The van der Waals surface area contributed by atoms with Gasteiger partial charge in [0.2, 0.25) is 11.9 Å². The van der Waals surface area contributed by atoms with Crippen LogP contribution in [0.5, 0.6) is 0 Å². The molecule has 0 radical (unpaired) electrons. The zero-order chi connectivity index (χ0) is 47.1. The average molecular weight is 899 g/mol. The van der Waals surface area contributed by atoms with Crippen molar-refractivity contribution in [3.05, 3.63) is 92.3 Å². The number of rotatable bonds is 19. The Bertz CT molecular complexity index is 2770. The van der Waals surface area contributed by atoms with Gasteiger partial charge in [-0.3, -0.25) is 33.9 Å². The molecular formula is C39H42N14O12. The van der Waals surface area contributed by atoms with Crippen molar-refractivity contribution >= 4 is 81.6 Å². The molecule has 2 aromatic carbocycles. The van der Waals surface area contributed by atoms with Crippen LogP contribution in [0, 0.1) is 0 Å². The number of aliphatic carboxylic acids is 4. The topological polar surface area (TPSA) is 407 Å². The van der Waals surface area contributed by atoms with Crippen LogP contribution in [0.1, 0.15) is 45.7 Å². The van der Waals surface area contributed by atoms with E-state index in [0.717, 1.165) is 0 Å². The highest BCUT2D eigenvalue weighted by atomic mass is 16.4. The predicted molar refractivity (Wildman–Crippen MR) is 230 cm³/mol. The minimum atomic E-state index is -2.21. The molecule has 3 aromatic heterocycles. The van der Waals surface area contributed by atoms with E-state index in [9.17, 15) is 58.8 Å². The summed E-state index contributed by atoms with van der Waals surface area (Å²) in [6.07, 6.45) is -1.20. The third-order valence-corrected chi connectivity index (χ3v) is 10.3. The summed E-state index contributed by atoms with van der Waals surface area (Å²) in [6.45, 7) is 0.725. The van der Waals surface area contributed by atoms with Gasteiger partial charge in [0.05, 0.1) is 24.5 Å². The van der Waals surface area contributed by atoms with Crippen LogP contribution in [-0.4, -0.2) is 135 Å². The first-order valence-electron chi connectivity index (χ1n) is 19.5. The van der Waals surface area contributed by atoms with E-state index in [1.54, 1.807) is 11.9 Å². The number of likely N-dealkylation sites (N-methyl/N-ethyl adjacent to an activating group) is 1. The Kier molecular flexibility index (Phi) is 13.7. The normalized spacial score (nSPS) is 14.5. The van der Waals surface area contributed by atoms with Gasteiger partial charge in [0, 0.05) is 55.5 Å². The number of aromatic amines is 2. The number of carboxylic acids is 4. The molecule has 26 heteroatoms. The molecule has 340 valence electrons. The molecule has 0 spiro atoms. The van der Waals surface area contributed by atoms with Gasteiger partial charge in [-0.05, 0) is 55.0 Å². The van der Waals surface area contributed by atoms with Crippen molar-refractivity contribution in [1.82, 2.24) is 40.1 Å². The van der Waals surface area contributed by atoms with E-state index < -0.39 is 84.2 Å². The summed E-state index contributed by atoms with van der Waals surface area (Å²) in [6, 6.07) is 4.47. The second-order valence-electron chi connectivity index (χ2n) is 14.6. The Labute approximate surface area is 365 Å². The number of carboxylic acid groups (broad SMARTS) is 4. The van der Waals surface area contributed by atoms with Gasteiger partial charge in [-0.15, -0.1) is 0 Å². The van der Waals surface area contributed by atoms with Crippen molar-refractivity contribution in [1.29, 1.82) is 0 Å². The minimum Gasteiger partial charge on any atom is -0.481 e. The standard InChI is InChI=1S/C39H42N14O12/c1-52-22(16-45-30-28(52)33(58)51-39(41)49-30)15-43-20-8-4-18(5-9-20)34(59)53(24(36(62)63)10-11-26(54)55)25(37(64)65)12-23(35(60)61)47-31(56)17-2-6-19(7-3-17)42-13-21-14-44-29-27(46-21)32(57)50-38(40)48-29/h2-9,14,22-25,42-43H,10-13,15-16H2,1H3,(H,47,56)(H,54,55)(H,60,61)(H,62,63)(H,64,65)(H3,40,44,48,50,57)(H4,41,45,49,51,58). The maximum Gasteiger partial charge on any atom is 0.326 e. The zero-order valence-electron chi connectivity index (χ0n) is 34.1. The molecule has 4 heterocycles. The summed E-state index contributed by atoms with van der Waals surface area (Å²) in [4.78, 5) is 125. The number of benzene rings is 2. The Morgan fingerprint density at radius 1 is 0.815 bits per heavy atom. The van der Waals surface area contributed by atoms with Crippen molar-refractivity contribution in [2.75, 3.05) is 52.5 Å². The van der Waals surface area contributed by atoms with E-state index in [4.69, 9.17) is 11.5 Å². The lowest BCUT2D eigenvalue weighted by Crippen LogP contribution is -2.57. The number of hydrogen-bond donors (Lipinski definition) is 12. The lowest BCUT2D eigenvalue weighted by atomic mass is 9.99. The molecule has 0 aliphatic carbocycles. The summed E-state index contributed by atoms with van der Waals surface area (Å²) in [7, 11) is 1.70. The molecule has 5 aromatic rings. The first-order chi connectivity index (χ1) is 30.9. The summed E-state index contributed by atoms with van der Waals surface area (Å²) >= 11 is 0. The highest BCUT2D eigenvalue weighted by molar-refractivity contribution is 6.00. The van der Waals surface area contributed by atoms with Crippen LogP contribution in [-0.2, 0) is 25.7 Å². The van der Waals surface area contributed by atoms with Gasteiger partial charge >= 0.3 is 23.9 Å². The summed E-state index contributed by atoms with van der Waals surface area (Å²) in [5, 5.41) is 51.6. The fraction of sp³-hybridized carbons (Fsp3) is 0.282. The van der Waals surface area contributed by atoms with Crippen LogP contribution in [0.25, 0.3) is 11.2 Å². The van der Waals surface area contributed by atoms with E-state index in [-0.39, 0.29) is 59.0 Å². The van der Waals surface area contributed by atoms with Crippen molar-refractivity contribution < 1.29 is 49.2 Å². The lowest BCUT2D eigenvalue weighted by Gasteiger charge is -2.35. The Morgan fingerprint density at radius 2 is 1.43 bits per heavy atom. The van der Waals surface area contributed by atoms with E-state index in [0.29, 0.717) is 34.3 Å². The van der Waals surface area contributed by atoms with Crippen LogP contribution in [0.15, 0.2) is 64.3 Å². The van der Waals surface area contributed by atoms with Gasteiger partial charge < -0.3 is 63.0 Å². The number of nitrogens with two attached hydrogens (primary N) is 2.